The topological polar surface area (TPSA) is 44.8 Å². The first kappa shape index (κ1) is 23.7. The lowest BCUT2D eigenvalue weighted by Crippen LogP contribution is -2.00. The van der Waals surface area contributed by atoms with Crippen LogP contribution < -0.4 is 9.47 Å². The lowest BCUT2D eigenvalue weighted by Gasteiger charge is -2.14. The summed E-state index contributed by atoms with van der Waals surface area (Å²) in [7, 11) is 1.54. The Bertz CT molecular complexity index is 1280. The normalized spacial score (nSPS) is 14.3. The summed E-state index contributed by atoms with van der Waals surface area (Å²) >= 11 is 21.7. The Balaban J connectivity index is 1.59. The minimum atomic E-state index is -0.437. The summed E-state index contributed by atoms with van der Waals surface area (Å²) in [6.45, 7) is 0.227. The zero-order chi connectivity index (χ0) is 23.5. The van der Waals surface area contributed by atoms with Crippen molar-refractivity contribution in [2.45, 2.75) is 6.61 Å². The molecule has 8 heteroatoms. The molecule has 0 atom stereocenters. The number of benzene rings is 3. The molecule has 0 saturated heterocycles. The fraction of sp³-hybridized carbons (Fsp3) is 0.0800. The van der Waals surface area contributed by atoms with Crippen molar-refractivity contribution in [2.75, 3.05) is 7.11 Å². The first-order chi connectivity index (χ1) is 15.8. The Labute approximate surface area is 214 Å². The van der Waals surface area contributed by atoms with Crippen LogP contribution >= 0.6 is 50.7 Å². The second-order valence-electron chi connectivity index (χ2n) is 7.06. The number of hydrogen-bond acceptors (Lipinski definition) is 4. The molecule has 1 aliphatic heterocycles. The van der Waals surface area contributed by atoms with Gasteiger partial charge >= 0.3 is 5.97 Å². The van der Waals surface area contributed by atoms with Crippen molar-refractivity contribution in [1.29, 1.82) is 0 Å². The highest BCUT2D eigenvalue weighted by Crippen LogP contribution is 2.39. The number of hydrogen-bond donors (Lipinski definition) is 0. The number of carbonyl (C=O) groups excluding carboxylic acids is 1. The van der Waals surface area contributed by atoms with Crippen molar-refractivity contribution in [3.8, 4) is 11.5 Å². The molecule has 0 unspecified atom stereocenters. The van der Waals surface area contributed by atoms with Crippen LogP contribution in [0.2, 0.25) is 15.1 Å². The van der Waals surface area contributed by atoms with Gasteiger partial charge in [0.05, 0.1) is 17.2 Å². The largest absolute Gasteiger partial charge is 0.493 e. The second-order valence-corrected chi connectivity index (χ2v) is 9.20. The Morgan fingerprint density at radius 2 is 1.73 bits per heavy atom. The standard InChI is InChI=1S/C25H16BrCl3O4/c1-31-23-10-14(8-17-11-22(33-25(17)30)15-2-5-18(27)6-3-15)9-20(26)24(23)32-13-16-4-7-19(28)12-21(16)29/h2-12H,13H2,1H3/b17-8+. The van der Waals surface area contributed by atoms with E-state index in [1.807, 2.05) is 6.07 Å². The van der Waals surface area contributed by atoms with E-state index >= 15 is 0 Å². The van der Waals surface area contributed by atoms with Gasteiger partial charge < -0.3 is 14.2 Å². The van der Waals surface area contributed by atoms with E-state index in [0.29, 0.717) is 42.4 Å². The van der Waals surface area contributed by atoms with Crippen molar-refractivity contribution in [3.05, 3.63) is 102 Å². The maximum absolute atomic E-state index is 12.4. The molecule has 0 N–H and O–H groups in total. The zero-order valence-corrected chi connectivity index (χ0v) is 21.1. The summed E-state index contributed by atoms with van der Waals surface area (Å²) < 4.78 is 17.5. The maximum Gasteiger partial charge on any atom is 0.343 e. The van der Waals surface area contributed by atoms with Crippen LogP contribution in [-0.2, 0) is 16.1 Å². The first-order valence-electron chi connectivity index (χ1n) is 9.70. The fourth-order valence-electron chi connectivity index (χ4n) is 3.18. The van der Waals surface area contributed by atoms with Crippen LogP contribution in [-0.4, -0.2) is 13.1 Å². The average Bonchev–Trinajstić information content (AvgIpc) is 3.14. The predicted octanol–water partition coefficient (Wildman–Crippen LogP) is 7.98. The molecule has 3 aromatic rings. The van der Waals surface area contributed by atoms with Gasteiger partial charge in [-0.2, -0.15) is 0 Å². The van der Waals surface area contributed by atoms with Gasteiger partial charge in [0, 0.05) is 26.2 Å². The molecule has 0 spiro atoms. The van der Waals surface area contributed by atoms with Crippen LogP contribution in [0.5, 0.6) is 11.5 Å². The Hall–Kier alpha value is -2.44. The van der Waals surface area contributed by atoms with Gasteiger partial charge in [0.2, 0.25) is 0 Å². The van der Waals surface area contributed by atoms with E-state index in [1.54, 1.807) is 67.8 Å². The number of rotatable bonds is 6. The van der Waals surface area contributed by atoms with Gasteiger partial charge in [0.15, 0.2) is 11.5 Å². The SMILES string of the molecule is COc1cc(/C=C2\C=C(c3ccc(Cl)cc3)OC2=O)cc(Br)c1OCc1ccc(Cl)cc1Cl. The number of ether oxygens (including phenoxy) is 3. The molecule has 0 aromatic heterocycles. The van der Waals surface area contributed by atoms with Crippen LogP contribution in [0.25, 0.3) is 11.8 Å². The van der Waals surface area contributed by atoms with Crippen molar-refractivity contribution in [2.24, 2.45) is 0 Å². The highest BCUT2D eigenvalue weighted by molar-refractivity contribution is 9.10. The second kappa shape index (κ2) is 10.2. The molecule has 0 amide bonds. The van der Waals surface area contributed by atoms with Crippen LogP contribution in [0.15, 0.2) is 70.7 Å². The van der Waals surface area contributed by atoms with Crippen LogP contribution in [0.3, 0.4) is 0 Å². The van der Waals surface area contributed by atoms with Crippen molar-refractivity contribution < 1.29 is 19.0 Å². The van der Waals surface area contributed by atoms with Gasteiger partial charge in [-0.1, -0.05) is 40.9 Å². The van der Waals surface area contributed by atoms with E-state index in [0.717, 1.165) is 16.7 Å². The summed E-state index contributed by atoms with van der Waals surface area (Å²) in [4.78, 5) is 12.4. The van der Waals surface area contributed by atoms with E-state index in [1.165, 1.54) is 0 Å². The molecular weight excluding hydrogens is 551 g/mol. The summed E-state index contributed by atoms with van der Waals surface area (Å²) in [6, 6.07) is 15.9. The summed E-state index contributed by atoms with van der Waals surface area (Å²) in [5, 5.41) is 1.68. The predicted molar refractivity (Wildman–Crippen MR) is 135 cm³/mol. The smallest absolute Gasteiger partial charge is 0.343 e. The van der Waals surface area contributed by atoms with E-state index < -0.39 is 5.97 Å². The summed E-state index contributed by atoms with van der Waals surface area (Å²) in [6.07, 6.45) is 3.41. The van der Waals surface area contributed by atoms with Crippen molar-refractivity contribution >= 4 is 68.5 Å². The Kier molecular flexibility index (Phi) is 7.35. The average molecular weight is 567 g/mol. The van der Waals surface area contributed by atoms with E-state index in [2.05, 4.69) is 15.9 Å². The molecule has 4 nitrogen and oxygen atoms in total. The third-order valence-corrected chi connectivity index (χ3v) is 6.24. The van der Waals surface area contributed by atoms with Gasteiger partial charge in [-0.15, -0.1) is 0 Å². The third-order valence-electron chi connectivity index (χ3n) is 4.81. The molecule has 0 fully saturated rings. The van der Waals surface area contributed by atoms with E-state index in [9.17, 15) is 4.79 Å². The number of methoxy groups -OCH3 is 1. The van der Waals surface area contributed by atoms with Gasteiger partial charge in [-0.05, 0) is 82.2 Å². The maximum atomic E-state index is 12.4. The lowest BCUT2D eigenvalue weighted by atomic mass is 10.1. The van der Waals surface area contributed by atoms with E-state index in [4.69, 9.17) is 49.0 Å². The van der Waals surface area contributed by atoms with Crippen LogP contribution in [0.4, 0.5) is 0 Å². The fourth-order valence-corrected chi connectivity index (χ4v) is 4.34. The molecule has 1 heterocycles. The minimum Gasteiger partial charge on any atom is -0.493 e. The summed E-state index contributed by atoms with van der Waals surface area (Å²) in [5.41, 5.74) is 2.70. The summed E-state index contributed by atoms with van der Waals surface area (Å²) in [5.74, 6) is 1.04. The lowest BCUT2D eigenvalue weighted by molar-refractivity contribution is -0.130. The molecule has 168 valence electrons. The molecule has 0 bridgehead atoms. The van der Waals surface area contributed by atoms with Crippen LogP contribution in [0, 0.1) is 0 Å². The highest BCUT2D eigenvalue weighted by Gasteiger charge is 2.22. The first-order valence-corrected chi connectivity index (χ1v) is 11.6. The van der Waals surface area contributed by atoms with Gasteiger partial charge in [0.1, 0.15) is 12.4 Å². The van der Waals surface area contributed by atoms with E-state index in [-0.39, 0.29) is 6.61 Å². The van der Waals surface area contributed by atoms with Crippen LogP contribution in [0.1, 0.15) is 16.7 Å². The number of cyclic esters (lactones) is 1. The Morgan fingerprint density at radius 1 is 1.00 bits per heavy atom. The van der Waals surface area contributed by atoms with Gasteiger partial charge in [-0.25, -0.2) is 4.79 Å². The van der Waals surface area contributed by atoms with Gasteiger partial charge in [0.25, 0.3) is 0 Å². The van der Waals surface area contributed by atoms with Gasteiger partial charge in [-0.3, -0.25) is 0 Å². The number of esters is 1. The molecule has 0 saturated carbocycles. The molecule has 3 aromatic carbocycles. The third kappa shape index (κ3) is 5.56. The molecule has 4 rings (SSSR count). The quantitative estimate of drug-likeness (QED) is 0.224. The molecule has 0 aliphatic carbocycles. The van der Waals surface area contributed by atoms with Crippen molar-refractivity contribution in [1.82, 2.24) is 0 Å². The highest BCUT2D eigenvalue weighted by atomic mass is 79.9. The monoisotopic (exact) mass is 564 g/mol. The molecule has 1 aliphatic rings. The molecule has 0 radical (unpaired) electrons. The molecule has 33 heavy (non-hydrogen) atoms. The molecular formula is C25H16BrCl3O4. The number of halogens is 4. The Morgan fingerprint density at radius 3 is 2.42 bits per heavy atom. The minimum absolute atomic E-state index is 0.227. The number of carbonyl (C=O) groups is 1. The van der Waals surface area contributed by atoms with Crippen molar-refractivity contribution in [3.63, 3.8) is 0 Å². The zero-order valence-electron chi connectivity index (χ0n) is 17.2.